The average Bonchev–Trinajstić information content (AvgIpc) is 2.76. The number of anilines is 1. The van der Waals surface area contributed by atoms with Crippen LogP contribution in [0.4, 0.5) is 5.69 Å². The molecule has 0 aliphatic rings. The van der Waals surface area contributed by atoms with E-state index in [0.29, 0.717) is 21.4 Å². The molecule has 0 radical (unpaired) electrons. The first-order valence-electron chi connectivity index (χ1n) is 6.02. The minimum Gasteiger partial charge on any atom is -0.339 e. The van der Waals surface area contributed by atoms with Gasteiger partial charge in [0.1, 0.15) is 5.69 Å². The van der Waals surface area contributed by atoms with Crippen molar-refractivity contribution in [3.05, 3.63) is 50.7 Å². The molecule has 0 bridgehead atoms. The van der Waals surface area contributed by atoms with E-state index in [1.807, 2.05) is 18.4 Å². The van der Waals surface area contributed by atoms with E-state index < -0.39 is 0 Å². The SMILES string of the molecule is CC(C)n1cc(Cl)cc1C(=O)Nc1ccc(Br)c(Cl)c1. The molecule has 106 valence electrons. The second-order valence-electron chi connectivity index (χ2n) is 4.63. The fourth-order valence-corrected chi connectivity index (χ4v) is 2.46. The number of hydrogen-bond acceptors (Lipinski definition) is 1. The van der Waals surface area contributed by atoms with Crippen LogP contribution in [0.2, 0.25) is 10.0 Å². The Morgan fingerprint density at radius 1 is 1.30 bits per heavy atom. The van der Waals surface area contributed by atoms with Crippen LogP contribution < -0.4 is 5.32 Å². The molecule has 1 heterocycles. The standard InChI is InChI=1S/C14H13BrCl2N2O/c1-8(2)19-7-9(16)5-13(19)14(20)18-10-3-4-11(15)12(17)6-10/h3-8H,1-2H3,(H,18,20). The van der Waals surface area contributed by atoms with E-state index >= 15 is 0 Å². The highest BCUT2D eigenvalue weighted by molar-refractivity contribution is 9.10. The van der Waals surface area contributed by atoms with E-state index in [4.69, 9.17) is 23.2 Å². The van der Waals surface area contributed by atoms with Crippen LogP contribution >= 0.6 is 39.1 Å². The third-order valence-electron chi connectivity index (χ3n) is 2.78. The molecule has 1 aromatic carbocycles. The fourth-order valence-electron chi connectivity index (χ4n) is 1.82. The molecular weight excluding hydrogens is 363 g/mol. The summed E-state index contributed by atoms with van der Waals surface area (Å²) in [5.41, 5.74) is 1.15. The van der Waals surface area contributed by atoms with Crippen LogP contribution in [0.3, 0.4) is 0 Å². The zero-order valence-corrected chi connectivity index (χ0v) is 14.1. The summed E-state index contributed by atoms with van der Waals surface area (Å²) in [5.74, 6) is -0.219. The van der Waals surface area contributed by atoms with Gasteiger partial charge in [0.15, 0.2) is 0 Å². The van der Waals surface area contributed by atoms with E-state index in [2.05, 4.69) is 21.2 Å². The molecule has 1 amide bonds. The largest absolute Gasteiger partial charge is 0.339 e. The van der Waals surface area contributed by atoms with E-state index in [9.17, 15) is 4.79 Å². The van der Waals surface area contributed by atoms with E-state index in [-0.39, 0.29) is 11.9 Å². The van der Waals surface area contributed by atoms with Gasteiger partial charge in [-0.1, -0.05) is 23.2 Å². The van der Waals surface area contributed by atoms with Crippen LogP contribution in [0.1, 0.15) is 30.4 Å². The van der Waals surface area contributed by atoms with Crippen molar-refractivity contribution in [3.8, 4) is 0 Å². The number of carbonyl (C=O) groups is 1. The lowest BCUT2D eigenvalue weighted by molar-refractivity contribution is 0.101. The molecule has 0 fully saturated rings. The van der Waals surface area contributed by atoms with E-state index in [0.717, 1.165) is 4.47 Å². The molecule has 0 saturated carbocycles. The van der Waals surface area contributed by atoms with E-state index in [1.165, 1.54) is 0 Å². The Balaban J connectivity index is 2.26. The molecule has 0 saturated heterocycles. The number of rotatable bonds is 3. The van der Waals surface area contributed by atoms with Gasteiger partial charge in [-0.05, 0) is 54.0 Å². The van der Waals surface area contributed by atoms with Crippen LogP contribution in [0.25, 0.3) is 0 Å². The monoisotopic (exact) mass is 374 g/mol. The van der Waals surface area contributed by atoms with Gasteiger partial charge in [-0.2, -0.15) is 0 Å². The number of amides is 1. The van der Waals surface area contributed by atoms with Crippen LogP contribution in [0.15, 0.2) is 34.9 Å². The van der Waals surface area contributed by atoms with Crippen molar-refractivity contribution in [1.82, 2.24) is 4.57 Å². The molecule has 20 heavy (non-hydrogen) atoms. The number of halogens is 3. The van der Waals surface area contributed by atoms with Crippen molar-refractivity contribution in [2.75, 3.05) is 5.32 Å². The first-order chi connectivity index (χ1) is 9.38. The molecule has 0 aliphatic heterocycles. The third kappa shape index (κ3) is 3.37. The minimum absolute atomic E-state index is 0.150. The van der Waals surface area contributed by atoms with Gasteiger partial charge in [0, 0.05) is 22.4 Å². The number of hydrogen-bond donors (Lipinski definition) is 1. The quantitative estimate of drug-likeness (QED) is 0.766. The zero-order valence-electron chi connectivity index (χ0n) is 11.0. The number of carbonyl (C=O) groups excluding carboxylic acids is 1. The lowest BCUT2D eigenvalue weighted by atomic mass is 10.3. The maximum atomic E-state index is 12.3. The smallest absolute Gasteiger partial charge is 0.272 e. The predicted molar refractivity (Wildman–Crippen MR) is 86.9 cm³/mol. The number of aromatic nitrogens is 1. The fraction of sp³-hybridized carbons (Fsp3) is 0.214. The lowest BCUT2D eigenvalue weighted by Gasteiger charge is -2.13. The van der Waals surface area contributed by atoms with Gasteiger partial charge in [0.2, 0.25) is 0 Å². The Labute approximate surface area is 136 Å². The van der Waals surface area contributed by atoms with Gasteiger partial charge >= 0.3 is 0 Å². The summed E-state index contributed by atoms with van der Waals surface area (Å²) in [6.45, 7) is 3.98. The van der Waals surface area contributed by atoms with Crippen LogP contribution in [-0.2, 0) is 0 Å². The Morgan fingerprint density at radius 2 is 2.00 bits per heavy atom. The molecular formula is C14H13BrCl2N2O. The van der Waals surface area contributed by atoms with Gasteiger partial charge in [0.05, 0.1) is 10.0 Å². The molecule has 3 nitrogen and oxygen atoms in total. The number of benzene rings is 1. The first kappa shape index (κ1) is 15.4. The van der Waals surface area contributed by atoms with Crippen LogP contribution in [-0.4, -0.2) is 10.5 Å². The van der Waals surface area contributed by atoms with Crippen molar-refractivity contribution >= 4 is 50.7 Å². The highest BCUT2D eigenvalue weighted by atomic mass is 79.9. The molecule has 2 aromatic rings. The molecule has 2 rings (SSSR count). The van der Waals surface area contributed by atoms with Gasteiger partial charge < -0.3 is 9.88 Å². The molecule has 0 atom stereocenters. The molecule has 6 heteroatoms. The second-order valence-corrected chi connectivity index (χ2v) is 6.33. The summed E-state index contributed by atoms with van der Waals surface area (Å²) in [6, 6.07) is 7.05. The second kappa shape index (κ2) is 6.20. The maximum absolute atomic E-state index is 12.3. The number of nitrogens with one attached hydrogen (secondary N) is 1. The minimum atomic E-state index is -0.219. The molecule has 0 aliphatic carbocycles. The Bertz CT molecular complexity index is 653. The maximum Gasteiger partial charge on any atom is 0.272 e. The Kier molecular flexibility index (Phi) is 4.78. The third-order valence-corrected chi connectivity index (χ3v) is 4.22. The van der Waals surface area contributed by atoms with Crippen molar-refractivity contribution in [3.63, 3.8) is 0 Å². The highest BCUT2D eigenvalue weighted by Crippen LogP contribution is 2.26. The molecule has 0 unspecified atom stereocenters. The summed E-state index contributed by atoms with van der Waals surface area (Å²) in [5, 5.41) is 3.89. The number of nitrogens with zero attached hydrogens (tertiary/aromatic N) is 1. The van der Waals surface area contributed by atoms with Gasteiger partial charge in [-0.25, -0.2) is 0 Å². The van der Waals surface area contributed by atoms with Gasteiger partial charge in [-0.3, -0.25) is 4.79 Å². The molecule has 0 spiro atoms. The van der Waals surface area contributed by atoms with Gasteiger partial charge in [0.25, 0.3) is 5.91 Å². The zero-order chi connectivity index (χ0) is 14.9. The summed E-state index contributed by atoms with van der Waals surface area (Å²) >= 11 is 15.3. The summed E-state index contributed by atoms with van der Waals surface area (Å²) < 4.78 is 2.61. The van der Waals surface area contributed by atoms with Crippen LogP contribution in [0.5, 0.6) is 0 Å². The Hall–Kier alpha value is -0.970. The average molecular weight is 376 g/mol. The normalized spacial score (nSPS) is 10.9. The van der Waals surface area contributed by atoms with E-state index in [1.54, 1.807) is 30.5 Å². The summed E-state index contributed by atoms with van der Waals surface area (Å²) in [4.78, 5) is 12.3. The van der Waals surface area contributed by atoms with Crippen molar-refractivity contribution < 1.29 is 4.79 Å². The van der Waals surface area contributed by atoms with Crippen molar-refractivity contribution in [1.29, 1.82) is 0 Å². The summed E-state index contributed by atoms with van der Waals surface area (Å²) in [7, 11) is 0. The van der Waals surface area contributed by atoms with Crippen LogP contribution in [0, 0.1) is 0 Å². The first-order valence-corrected chi connectivity index (χ1v) is 7.57. The molecule has 1 aromatic heterocycles. The van der Waals surface area contributed by atoms with Crippen molar-refractivity contribution in [2.24, 2.45) is 0 Å². The summed E-state index contributed by atoms with van der Waals surface area (Å²) in [6.07, 6.45) is 1.75. The Morgan fingerprint density at radius 3 is 2.60 bits per heavy atom. The predicted octanol–water partition coefficient (Wildman–Crippen LogP) is 5.39. The molecule has 1 N–H and O–H groups in total. The van der Waals surface area contributed by atoms with Crippen molar-refractivity contribution in [2.45, 2.75) is 19.9 Å². The topological polar surface area (TPSA) is 34.0 Å². The van der Waals surface area contributed by atoms with Gasteiger partial charge in [-0.15, -0.1) is 0 Å². The lowest BCUT2D eigenvalue weighted by Crippen LogP contribution is -2.17. The highest BCUT2D eigenvalue weighted by Gasteiger charge is 2.15.